The van der Waals surface area contributed by atoms with Crippen LogP contribution in [0, 0.1) is 0 Å². The molecule has 7 heteroatoms. The topological polar surface area (TPSA) is 57.7 Å². The lowest BCUT2D eigenvalue weighted by atomic mass is 10.2. The summed E-state index contributed by atoms with van der Waals surface area (Å²) in [4.78, 5) is 14.5. The van der Waals surface area contributed by atoms with E-state index in [2.05, 4.69) is 15.9 Å². The summed E-state index contributed by atoms with van der Waals surface area (Å²) in [7, 11) is -3.65. The predicted octanol–water partition coefficient (Wildman–Crippen LogP) is 2.86. The van der Waals surface area contributed by atoms with Gasteiger partial charge in [0.05, 0.1) is 11.4 Å². The van der Waals surface area contributed by atoms with E-state index in [9.17, 15) is 13.2 Å². The Morgan fingerprint density at radius 2 is 1.70 bits per heavy atom. The lowest BCUT2D eigenvalue weighted by Crippen LogP contribution is -2.43. The van der Waals surface area contributed by atoms with Gasteiger partial charge in [0, 0.05) is 24.1 Å². The van der Waals surface area contributed by atoms with Crippen LogP contribution in [-0.2, 0) is 14.8 Å². The van der Waals surface area contributed by atoms with Crippen LogP contribution in [0.5, 0.6) is 0 Å². The lowest BCUT2D eigenvalue weighted by molar-refractivity contribution is -0.131. The third-order valence-corrected chi connectivity index (χ3v) is 6.54. The van der Waals surface area contributed by atoms with Crippen molar-refractivity contribution < 1.29 is 13.2 Å². The van der Waals surface area contributed by atoms with E-state index in [-0.39, 0.29) is 23.9 Å². The third-order valence-electron chi connectivity index (χ3n) is 4.07. The van der Waals surface area contributed by atoms with E-state index in [1.807, 2.05) is 0 Å². The number of carbonyl (C=O) groups excluding carboxylic acids is 1. The summed E-state index contributed by atoms with van der Waals surface area (Å²) in [5.41, 5.74) is 0. The Hall–Kier alpha value is -0.920. The zero-order valence-corrected chi connectivity index (χ0v) is 15.8. The summed E-state index contributed by atoms with van der Waals surface area (Å²) in [5, 5.41) is 0. The molecule has 0 atom stereocenters. The van der Waals surface area contributed by atoms with Crippen molar-refractivity contribution >= 4 is 31.9 Å². The minimum Gasteiger partial charge on any atom is -0.342 e. The molecule has 0 radical (unpaired) electrons. The monoisotopic (exact) mass is 402 g/mol. The number of likely N-dealkylation sites (N-methyl/N-ethyl adjacent to an activating group) is 1. The first-order valence-corrected chi connectivity index (χ1v) is 10.2. The number of hydrogen-bond acceptors (Lipinski definition) is 3. The van der Waals surface area contributed by atoms with Gasteiger partial charge in [-0.2, -0.15) is 4.31 Å². The first-order chi connectivity index (χ1) is 10.9. The van der Waals surface area contributed by atoms with Gasteiger partial charge in [0.25, 0.3) is 0 Å². The Morgan fingerprint density at radius 1 is 1.13 bits per heavy atom. The molecular formula is C16H23BrN2O3S. The molecule has 0 N–H and O–H groups in total. The van der Waals surface area contributed by atoms with Crippen molar-refractivity contribution in [3.8, 4) is 0 Å². The van der Waals surface area contributed by atoms with Crippen LogP contribution in [0.2, 0.25) is 0 Å². The molecule has 0 saturated carbocycles. The second-order valence-electron chi connectivity index (χ2n) is 5.68. The summed E-state index contributed by atoms with van der Waals surface area (Å²) < 4.78 is 27.5. The Morgan fingerprint density at radius 3 is 2.22 bits per heavy atom. The molecule has 1 aromatic carbocycles. The van der Waals surface area contributed by atoms with Gasteiger partial charge < -0.3 is 4.90 Å². The number of rotatable bonds is 5. The van der Waals surface area contributed by atoms with Crippen molar-refractivity contribution in [1.82, 2.24) is 9.21 Å². The second kappa shape index (κ2) is 8.26. The van der Waals surface area contributed by atoms with Gasteiger partial charge >= 0.3 is 0 Å². The van der Waals surface area contributed by atoms with E-state index >= 15 is 0 Å². The van der Waals surface area contributed by atoms with E-state index in [4.69, 9.17) is 0 Å². The van der Waals surface area contributed by atoms with Crippen molar-refractivity contribution in [2.45, 2.75) is 37.5 Å². The molecule has 1 saturated heterocycles. The van der Waals surface area contributed by atoms with Crippen molar-refractivity contribution in [2.24, 2.45) is 0 Å². The maximum absolute atomic E-state index is 12.7. The molecule has 0 aromatic heterocycles. The second-order valence-corrected chi connectivity index (χ2v) is 8.53. The number of likely N-dealkylation sites (tertiary alicyclic amines) is 1. The SMILES string of the molecule is CCN(CC(=O)N1CCCCCC1)S(=O)(=O)c1ccc(Br)cc1. The van der Waals surface area contributed by atoms with Crippen LogP contribution >= 0.6 is 15.9 Å². The van der Waals surface area contributed by atoms with Gasteiger partial charge in [-0.25, -0.2) is 8.42 Å². The predicted molar refractivity (Wildman–Crippen MR) is 93.6 cm³/mol. The van der Waals surface area contributed by atoms with E-state index in [1.54, 1.807) is 36.1 Å². The molecule has 1 aliphatic heterocycles. The van der Waals surface area contributed by atoms with Gasteiger partial charge in [-0.3, -0.25) is 4.79 Å². The summed E-state index contributed by atoms with van der Waals surface area (Å²) in [6.07, 6.45) is 4.27. The molecule has 0 unspecified atom stereocenters. The van der Waals surface area contributed by atoms with E-state index in [0.717, 1.165) is 43.2 Å². The normalized spacial score (nSPS) is 16.4. The summed E-state index contributed by atoms with van der Waals surface area (Å²) in [5.74, 6) is -0.102. The molecular weight excluding hydrogens is 380 g/mol. The summed E-state index contributed by atoms with van der Waals surface area (Å²) >= 11 is 3.30. The van der Waals surface area contributed by atoms with Gasteiger partial charge in [-0.15, -0.1) is 0 Å². The highest BCUT2D eigenvalue weighted by molar-refractivity contribution is 9.10. The number of carbonyl (C=O) groups is 1. The smallest absolute Gasteiger partial charge is 0.243 e. The number of hydrogen-bond donors (Lipinski definition) is 0. The first-order valence-electron chi connectivity index (χ1n) is 7.98. The number of benzene rings is 1. The molecule has 1 aliphatic rings. The molecule has 5 nitrogen and oxygen atoms in total. The van der Waals surface area contributed by atoms with Crippen LogP contribution in [0.25, 0.3) is 0 Å². The quantitative estimate of drug-likeness (QED) is 0.760. The molecule has 1 amide bonds. The van der Waals surface area contributed by atoms with Gasteiger partial charge in [0.15, 0.2) is 0 Å². The van der Waals surface area contributed by atoms with E-state index < -0.39 is 10.0 Å². The highest BCUT2D eigenvalue weighted by atomic mass is 79.9. The molecule has 0 aliphatic carbocycles. The highest BCUT2D eigenvalue weighted by Crippen LogP contribution is 2.19. The number of amides is 1. The van der Waals surface area contributed by atoms with Crippen molar-refractivity contribution in [2.75, 3.05) is 26.2 Å². The van der Waals surface area contributed by atoms with Crippen LogP contribution in [0.1, 0.15) is 32.6 Å². The zero-order valence-electron chi connectivity index (χ0n) is 13.4. The molecule has 0 bridgehead atoms. The summed E-state index contributed by atoms with van der Waals surface area (Å²) in [6.45, 7) is 3.41. The van der Waals surface area contributed by atoms with Crippen LogP contribution in [0.15, 0.2) is 33.6 Å². The fourth-order valence-electron chi connectivity index (χ4n) is 2.69. The largest absolute Gasteiger partial charge is 0.342 e. The van der Waals surface area contributed by atoms with E-state index in [1.165, 1.54) is 4.31 Å². The third kappa shape index (κ3) is 4.78. The van der Waals surface area contributed by atoms with Crippen molar-refractivity contribution in [3.63, 3.8) is 0 Å². The van der Waals surface area contributed by atoms with Crippen LogP contribution < -0.4 is 0 Å². The minimum atomic E-state index is -3.65. The molecule has 23 heavy (non-hydrogen) atoms. The van der Waals surface area contributed by atoms with Crippen molar-refractivity contribution in [1.29, 1.82) is 0 Å². The Balaban J connectivity index is 2.11. The minimum absolute atomic E-state index is 0.0884. The fourth-order valence-corrected chi connectivity index (χ4v) is 4.36. The van der Waals surface area contributed by atoms with Crippen molar-refractivity contribution in [3.05, 3.63) is 28.7 Å². The lowest BCUT2D eigenvalue weighted by Gasteiger charge is -2.25. The standard InChI is InChI=1S/C16H23BrN2O3S/c1-2-19(13-16(20)18-11-5-3-4-6-12-18)23(21,22)15-9-7-14(17)8-10-15/h7-10H,2-6,11-13H2,1H3. The molecule has 2 rings (SSSR count). The van der Waals surface area contributed by atoms with Crippen LogP contribution in [0.4, 0.5) is 0 Å². The Labute approximate surface area is 146 Å². The fraction of sp³-hybridized carbons (Fsp3) is 0.562. The Kier molecular flexibility index (Phi) is 6.61. The first kappa shape index (κ1) is 18.4. The maximum atomic E-state index is 12.7. The van der Waals surface area contributed by atoms with Gasteiger partial charge in [0.1, 0.15) is 0 Å². The molecule has 128 valence electrons. The molecule has 0 spiro atoms. The number of halogens is 1. The number of nitrogens with zero attached hydrogens (tertiary/aromatic N) is 2. The maximum Gasteiger partial charge on any atom is 0.243 e. The van der Waals surface area contributed by atoms with Crippen LogP contribution in [0.3, 0.4) is 0 Å². The van der Waals surface area contributed by atoms with E-state index in [0.29, 0.717) is 0 Å². The number of sulfonamides is 1. The average molecular weight is 403 g/mol. The zero-order chi connectivity index (χ0) is 16.9. The van der Waals surface area contributed by atoms with Crippen LogP contribution in [-0.4, -0.2) is 49.7 Å². The molecule has 1 aromatic rings. The Bertz CT molecular complexity index is 623. The molecule has 1 heterocycles. The van der Waals surface area contributed by atoms with Gasteiger partial charge in [-0.1, -0.05) is 35.7 Å². The summed E-state index contributed by atoms with van der Waals surface area (Å²) in [6, 6.07) is 6.49. The highest BCUT2D eigenvalue weighted by Gasteiger charge is 2.27. The average Bonchev–Trinajstić information content (AvgIpc) is 2.82. The van der Waals surface area contributed by atoms with Gasteiger partial charge in [-0.05, 0) is 37.1 Å². The molecule has 1 fully saturated rings. The van der Waals surface area contributed by atoms with Gasteiger partial charge in [0.2, 0.25) is 15.9 Å².